The topological polar surface area (TPSA) is 72.6 Å². The summed E-state index contributed by atoms with van der Waals surface area (Å²) in [7, 11) is 0. The number of aromatic nitrogens is 1. The largest absolute Gasteiger partial charge is 0.476 e. The average Bonchev–Trinajstić information content (AvgIpc) is 2.58. The van der Waals surface area contributed by atoms with E-state index in [1.54, 1.807) is 6.92 Å². The summed E-state index contributed by atoms with van der Waals surface area (Å²) in [5.74, 6) is -0.317. The summed E-state index contributed by atoms with van der Waals surface area (Å²) in [5, 5.41) is 9.02. The molecule has 0 spiro atoms. The lowest BCUT2D eigenvalue weighted by Crippen LogP contribution is -2.13. The molecule has 19 heavy (non-hydrogen) atoms. The third kappa shape index (κ3) is 4.93. The third-order valence-electron chi connectivity index (χ3n) is 2.60. The maximum absolute atomic E-state index is 11.0. The molecule has 0 aliphatic carbocycles. The number of nitrogens with zero attached hydrogens (tertiary/aromatic N) is 1. The van der Waals surface area contributed by atoms with Crippen LogP contribution in [0.15, 0.2) is 4.42 Å². The van der Waals surface area contributed by atoms with E-state index in [1.807, 2.05) is 0 Å². The van der Waals surface area contributed by atoms with Gasteiger partial charge in [0.1, 0.15) is 0 Å². The van der Waals surface area contributed by atoms with Gasteiger partial charge in [0.05, 0.1) is 6.61 Å². The minimum atomic E-state index is -1.12. The van der Waals surface area contributed by atoms with Gasteiger partial charge in [-0.25, -0.2) is 9.78 Å². The van der Waals surface area contributed by atoms with Crippen LogP contribution in [-0.2, 0) is 6.42 Å². The van der Waals surface area contributed by atoms with E-state index in [0.29, 0.717) is 24.8 Å². The van der Waals surface area contributed by atoms with Crippen LogP contribution >= 0.6 is 0 Å². The summed E-state index contributed by atoms with van der Waals surface area (Å²) >= 11 is 0. The molecular weight excluding hydrogens is 246 g/mol. The maximum atomic E-state index is 11.0. The van der Waals surface area contributed by atoms with Gasteiger partial charge in [-0.2, -0.15) is 0 Å². The Morgan fingerprint density at radius 1 is 1.47 bits per heavy atom. The fourth-order valence-corrected chi connectivity index (χ4v) is 2.22. The first-order chi connectivity index (χ1) is 8.73. The highest BCUT2D eigenvalue weighted by Crippen LogP contribution is 2.28. The lowest BCUT2D eigenvalue weighted by Gasteiger charge is -2.22. The van der Waals surface area contributed by atoms with E-state index in [9.17, 15) is 4.79 Å². The number of carboxylic acids is 1. The van der Waals surface area contributed by atoms with Gasteiger partial charge in [-0.15, -0.1) is 0 Å². The van der Waals surface area contributed by atoms with Gasteiger partial charge in [0.25, 0.3) is 0 Å². The summed E-state index contributed by atoms with van der Waals surface area (Å²) in [6.07, 6.45) is 1.63. The van der Waals surface area contributed by atoms with Gasteiger partial charge in [0.15, 0.2) is 5.89 Å². The lowest BCUT2D eigenvalue weighted by atomic mass is 9.84. The van der Waals surface area contributed by atoms with Crippen LogP contribution in [0.5, 0.6) is 5.95 Å². The molecule has 1 unspecified atom stereocenters. The standard InChI is InChI=1S/C14H23NO4/c1-6-18-13-11(12(16)17)15-10(19-13)7-9(2)8-14(3,4)5/h9H,6-8H2,1-5H3,(H,16,17). The number of carbonyl (C=O) groups is 1. The molecule has 0 fully saturated rings. The highest BCUT2D eigenvalue weighted by atomic mass is 16.6. The fourth-order valence-electron chi connectivity index (χ4n) is 2.22. The average molecular weight is 269 g/mol. The van der Waals surface area contributed by atoms with Crippen molar-refractivity contribution < 1.29 is 19.1 Å². The van der Waals surface area contributed by atoms with Crippen molar-refractivity contribution in [3.63, 3.8) is 0 Å². The van der Waals surface area contributed by atoms with Crippen molar-refractivity contribution in [2.24, 2.45) is 11.3 Å². The van der Waals surface area contributed by atoms with E-state index in [4.69, 9.17) is 14.3 Å². The Balaban J connectivity index is 2.79. The second kappa shape index (κ2) is 6.08. The molecule has 0 saturated heterocycles. The van der Waals surface area contributed by atoms with Gasteiger partial charge in [-0.3, -0.25) is 0 Å². The molecule has 0 aromatic carbocycles. The van der Waals surface area contributed by atoms with Gasteiger partial charge in [0, 0.05) is 6.42 Å². The van der Waals surface area contributed by atoms with Crippen molar-refractivity contribution >= 4 is 5.97 Å². The van der Waals surface area contributed by atoms with Gasteiger partial charge in [-0.1, -0.05) is 27.7 Å². The Hall–Kier alpha value is -1.52. The van der Waals surface area contributed by atoms with Crippen LogP contribution < -0.4 is 4.74 Å². The normalized spacial score (nSPS) is 13.3. The second-order valence-electron chi connectivity index (χ2n) is 6.06. The van der Waals surface area contributed by atoms with E-state index in [2.05, 4.69) is 32.7 Å². The zero-order valence-corrected chi connectivity index (χ0v) is 12.3. The molecule has 5 nitrogen and oxygen atoms in total. The molecule has 1 N–H and O–H groups in total. The molecule has 0 amide bonds. The predicted molar refractivity (Wildman–Crippen MR) is 71.6 cm³/mol. The molecule has 0 aliphatic rings. The number of aromatic carboxylic acids is 1. The van der Waals surface area contributed by atoms with Crippen molar-refractivity contribution in [1.29, 1.82) is 0 Å². The summed E-state index contributed by atoms with van der Waals surface area (Å²) in [6, 6.07) is 0. The predicted octanol–water partition coefficient (Wildman–Crippen LogP) is 3.39. The van der Waals surface area contributed by atoms with E-state index >= 15 is 0 Å². The van der Waals surface area contributed by atoms with Gasteiger partial charge in [0.2, 0.25) is 5.69 Å². The van der Waals surface area contributed by atoms with Crippen LogP contribution in [0.1, 0.15) is 57.4 Å². The smallest absolute Gasteiger partial charge is 0.362 e. The molecule has 0 radical (unpaired) electrons. The first-order valence-corrected chi connectivity index (χ1v) is 6.58. The molecule has 1 atom stereocenters. The quantitative estimate of drug-likeness (QED) is 0.857. The zero-order chi connectivity index (χ0) is 14.6. The number of ether oxygens (including phenoxy) is 1. The molecule has 1 heterocycles. The number of hydrogen-bond donors (Lipinski definition) is 1. The number of carboxylic acid groups (broad SMARTS) is 1. The number of hydrogen-bond acceptors (Lipinski definition) is 4. The van der Waals surface area contributed by atoms with Crippen molar-refractivity contribution in [3.05, 3.63) is 11.6 Å². The Morgan fingerprint density at radius 2 is 2.11 bits per heavy atom. The van der Waals surface area contributed by atoms with Crippen LogP contribution in [-0.4, -0.2) is 22.7 Å². The van der Waals surface area contributed by atoms with Gasteiger partial charge < -0.3 is 14.3 Å². The highest BCUT2D eigenvalue weighted by molar-refractivity contribution is 5.87. The summed E-state index contributed by atoms with van der Waals surface area (Å²) in [6.45, 7) is 10.8. The Labute approximate surface area is 114 Å². The van der Waals surface area contributed by atoms with Gasteiger partial charge in [-0.05, 0) is 24.7 Å². The second-order valence-corrected chi connectivity index (χ2v) is 6.06. The Kier molecular flexibility index (Phi) is 4.97. The molecular formula is C14H23NO4. The summed E-state index contributed by atoms with van der Waals surface area (Å²) < 4.78 is 10.5. The van der Waals surface area contributed by atoms with Crippen LogP contribution in [0.4, 0.5) is 0 Å². The van der Waals surface area contributed by atoms with Crippen LogP contribution in [0.3, 0.4) is 0 Å². The van der Waals surface area contributed by atoms with E-state index < -0.39 is 5.97 Å². The van der Waals surface area contributed by atoms with E-state index in [0.717, 1.165) is 6.42 Å². The maximum Gasteiger partial charge on any atom is 0.362 e. The van der Waals surface area contributed by atoms with Gasteiger partial charge >= 0.3 is 11.9 Å². The first kappa shape index (κ1) is 15.5. The fraction of sp³-hybridized carbons (Fsp3) is 0.714. The van der Waals surface area contributed by atoms with Crippen molar-refractivity contribution in [2.45, 2.75) is 47.5 Å². The monoisotopic (exact) mass is 269 g/mol. The van der Waals surface area contributed by atoms with Crippen molar-refractivity contribution in [3.8, 4) is 5.95 Å². The van der Waals surface area contributed by atoms with E-state index in [-0.39, 0.29) is 17.1 Å². The van der Waals surface area contributed by atoms with Crippen LogP contribution in [0.25, 0.3) is 0 Å². The van der Waals surface area contributed by atoms with Crippen molar-refractivity contribution in [1.82, 2.24) is 4.98 Å². The molecule has 1 rings (SSSR count). The molecule has 1 aromatic heterocycles. The Morgan fingerprint density at radius 3 is 2.58 bits per heavy atom. The van der Waals surface area contributed by atoms with E-state index in [1.165, 1.54) is 0 Å². The molecule has 0 bridgehead atoms. The number of rotatable bonds is 6. The molecule has 1 aromatic rings. The molecule has 0 saturated carbocycles. The zero-order valence-electron chi connectivity index (χ0n) is 12.3. The lowest BCUT2D eigenvalue weighted by molar-refractivity contribution is 0.0683. The Bertz CT molecular complexity index is 431. The van der Waals surface area contributed by atoms with Crippen LogP contribution in [0, 0.1) is 11.3 Å². The first-order valence-electron chi connectivity index (χ1n) is 6.58. The highest BCUT2D eigenvalue weighted by Gasteiger charge is 2.23. The van der Waals surface area contributed by atoms with Crippen LogP contribution in [0.2, 0.25) is 0 Å². The minimum Gasteiger partial charge on any atom is -0.476 e. The SMILES string of the molecule is CCOc1oc(CC(C)CC(C)(C)C)nc1C(=O)O. The summed E-state index contributed by atoms with van der Waals surface area (Å²) in [5.41, 5.74) is 0.0875. The summed E-state index contributed by atoms with van der Waals surface area (Å²) in [4.78, 5) is 15.0. The third-order valence-corrected chi connectivity index (χ3v) is 2.60. The van der Waals surface area contributed by atoms with Crippen molar-refractivity contribution in [2.75, 3.05) is 6.61 Å². The number of oxazole rings is 1. The minimum absolute atomic E-state index is 0.00737. The molecule has 108 valence electrons. The molecule has 5 heteroatoms. The molecule has 0 aliphatic heterocycles.